The minimum Gasteiger partial charge on any atom is -0.427 e. The number of ether oxygens (including phenoxy) is 1. The van der Waals surface area contributed by atoms with Crippen LogP contribution in [-0.2, 0) is 4.79 Å². The summed E-state index contributed by atoms with van der Waals surface area (Å²) in [5.74, 6) is 0.491. The Labute approximate surface area is 50.7 Å². The molecule has 41 valence electrons. The lowest BCUT2D eigenvalue weighted by Crippen LogP contribution is -1.83. The number of hydrogen-bond acceptors (Lipinski definition) is 3. The number of hydrogen-bond donors (Lipinski definition) is 0. The van der Waals surface area contributed by atoms with E-state index in [2.05, 4.69) is 10.1 Å². The second-order valence-corrected chi connectivity index (χ2v) is 1.81. The van der Waals surface area contributed by atoms with Gasteiger partial charge in [-0.15, -0.1) is 11.3 Å². The van der Waals surface area contributed by atoms with Crippen LogP contribution in [0.1, 0.15) is 0 Å². The minimum absolute atomic E-state index is 0.387. The van der Waals surface area contributed by atoms with Gasteiger partial charge < -0.3 is 4.74 Å². The Hall–Kier alpha value is -0.830. The van der Waals surface area contributed by atoms with Crippen LogP contribution in [0.5, 0.6) is 5.75 Å². The third-order valence-electron chi connectivity index (χ3n) is 0.622. The molecule has 0 fully saturated rings. The molecule has 0 N–H and O–H groups in total. The first-order valence-electron chi connectivity index (χ1n) is 1.99. The minimum atomic E-state index is 0.387. The maximum atomic E-state index is 9.63. The summed E-state index contributed by atoms with van der Waals surface area (Å²) in [6, 6.07) is 1.68. The third kappa shape index (κ3) is 1.07. The van der Waals surface area contributed by atoms with Crippen LogP contribution < -0.4 is 4.74 Å². The molecular weight excluding hydrogens is 124 g/mol. The molecule has 0 saturated heterocycles. The van der Waals surface area contributed by atoms with Gasteiger partial charge in [0.1, 0.15) is 5.75 Å². The van der Waals surface area contributed by atoms with E-state index in [0.29, 0.717) is 12.2 Å². The molecule has 0 saturated carbocycles. The smallest absolute Gasteiger partial charge is 0.298 e. The van der Waals surface area contributed by atoms with Gasteiger partial charge in [-0.25, -0.2) is 0 Å². The average Bonchev–Trinajstić information content (AvgIpc) is 2.19. The van der Waals surface area contributed by atoms with Crippen LogP contribution in [0.3, 0.4) is 0 Å². The summed E-state index contributed by atoms with van der Waals surface area (Å²) >= 11 is 1.37. The molecule has 8 heavy (non-hydrogen) atoms. The molecule has 0 atom stereocenters. The van der Waals surface area contributed by atoms with Gasteiger partial charge in [0, 0.05) is 0 Å². The van der Waals surface area contributed by atoms with Crippen molar-refractivity contribution < 1.29 is 9.53 Å². The Morgan fingerprint density at radius 1 is 1.88 bits per heavy atom. The van der Waals surface area contributed by atoms with E-state index in [1.54, 1.807) is 11.4 Å². The Morgan fingerprint density at radius 2 is 2.75 bits per heavy atom. The van der Waals surface area contributed by atoms with Gasteiger partial charge in [-0.3, -0.25) is 4.79 Å². The van der Waals surface area contributed by atoms with E-state index in [9.17, 15) is 4.79 Å². The zero-order chi connectivity index (χ0) is 5.82. The van der Waals surface area contributed by atoms with Gasteiger partial charge in [0.25, 0.3) is 6.47 Å². The first kappa shape index (κ1) is 5.31. The van der Waals surface area contributed by atoms with Gasteiger partial charge in [-0.05, 0) is 11.4 Å². The van der Waals surface area contributed by atoms with Crippen molar-refractivity contribution in [2.24, 2.45) is 0 Å². The molecular formula is C5H3O2S. The Bertz CT molecular complexity index is 157. The average molecular weight is 127 g/mol. The van der Waals surface area contributed by atoms with Gasteiger partial charge in [0.15, 0.2) is 0 Å². The summed E-state index contributed by atoms with van der Waals surface area (Å²) in [6.45, 7) is 0.387. The molecule has 0 aliphatic heterocycles. The van der Waals surface area contributed by atoms with Gasteiger partial charge in [-0.1, -0.05) is 0 Å². The summed E-state index contributed by atoms with van der Waals surface area (Å²) in [5, 5.41) is 4.52. The number of rotatable bonds is 2. The molecule has 0 unspecified atom stereocenters. The molecule has 1 radical (unpaired) electrons. The Balaban J connectivity index is 2.62. The standard InChI is InChI=1S/C5H3O2S/c6-4-7-5-1-2-8-3-5/h1-2,4H. The van der Waals surface area contributed by atoms with Crippen LogP contribution in [0, 0.1) is 5.38 Å². The second-order valence-electron chi connectivity index (χ2n) is 1.10. The summed E-state index contributed by atoms with van der Waals surface area (Å²) in [6.07, 6.45) is 0. The first-order chi connectivity index (χ1) is 3.93. The van der Waals surface area contributed by atoms with Crippen LogP contribution in [0.25, 0.3) is 0 Å². The van der Waals surface area contributed by atoms with E-state index >= 15 is 0 Å². The van der Waals surface area contributed by atoms with E-state index in [1.165, 1.54) is 11.3 Å². The second kappa shape index (κ2) is 2.47. The molecule has 0 bridgehead atoms. The molecule has 2 nitrogen and oxygen atoms in total. The molecule has 1 aromatic rings. The highest BCUT2D eigenvalue weighted by Crippen LogP contribution is 2.11. The molecule has 1 rings (SSSR count). The molecule has 3 heteroatoms. The lowest BCUT2D eigenvalue weighted by molar-refractivity contribution is -0.120. The molecule has 1 aromatic heterocycles. The largest absolute Gasteiger partial charge is 0.427 e. The molecule has 0 aliphatic rings. The number of carbonyl (C=O) groups is 1. The van der Waals surface area contributed by atoms with Crippen molar-refractivity contribution in [2.45, 2.75) is 0 Å². The van der Waals surface area contributed by atoms with Crippen LogP contribution in [0.4, 0.5) is 0 Å². The Kier molecular flexibility index (Phi) is 1.64. The van der Waals surface area contributed by atoms with Crippen molar-refractivity contribution in [2.75, 3.05) is 0 Å². The summed E-state index contributed by atoms with van der Waals surface area (Å²) < 4.78 is 4.42. The fourth-order valence-corrected chi connectivity index (χ4v) is 0.829. The zero-order valence-corrected chi connectivity index (χ0v) is 4.77. The van der Waals surface area contributed by atoms with E-state index in [-0.39, 0.29) is 0 Å². The number of thiophene rings is 1. The van der Waals surface area contributed by atoms with E-state index in [1.807, 2.05) is 0 Å². The lowest BCUT2D eigenvalue weighted by atomic mass is 10.6. The predicted molar refractivity (Wildman–Crippen MR) is 29.8 cm³/mol. The van der Waals surface area contributed by atoms with Gasteiger partial charge in [0.05, 0.1) is 5.38 Å². The maximum absolute atomic E-state index is 9.63. The Morgan fingerprint density at radius 3 is 3.25 bits per heavy atom. The fraction of sp³-hybridized carbons (Fsp3) is 0. The van der Waals surface area contributed by atoms with Crippen molar-refractivity contribution >= 4 is 17.8 Å². The molecule has 0 spiro atoms. The molecule has 0 aromatic carbocycles. The van der Waals surface area contributed by atoms with Crippen LogP contribution in [0.15, 0.2) is 11.4 Å². The third-order valence-corrected chi connectivity index (χ3v) is 1.21. The SMILES string of the molecule is O=COc1[c]scc1. The quantitative estimate of drug-likeness (QED) is 0.556. The van der Waals surface area contributed by atoms with Crippen molar-refractivity contribution in [3.8, 4) is 5.75 Å². The van der Waals surface area contributed by atoms with Crippen molar-refractivity contribution in [1.82, 2.24) is 0 Å². The van der Waals surface area contributed by atoms with E-state index < -0.39 is 0 Å². The topological polar surface area (TPSA) is 26.3 Å². The summed E-state index contributed by atoms with van der Waals surface area (Å²) in [4.78, 5) is 9.63. The van der Waals surface area contributed by atoms with E-state index in [0.717, 1.165) is 0 Å². The lowest BCUT2D eigenvalue weighted by Gasteiger charge is -1.84. The van der Waals surface area contributed by atoms with Crippen LogP contribution >= 0.6 is 11.3 Å². The van der Waals surface area contributed by atoms with Gasteiger partial charge in [-0.2, -0.15) is 0 Å². The highest BCUT2D eigenvalue weighted by Gasteiger charge is 1.88. The van der Waals surface area contributed by atoms with Crippen LogP contribution in [0.2, 0.25) is 0 Å². The highest BCUT2D eigenvalue weighted by molar-refractivity contribution is 7.07. The van der Waals surface area contributed by atoms with Crippen molar-refractivity contribution in [1.29, 1.82) is 0 Å². The van der Waals surface area contributed by atoms with Gasteiger partial charge in [0.2, 0.25) is 0 Å². The normalized spacial score (nSPS) is 8.50. The van der Waals surface area contributed by atoms with Gasteiger partial charge >= 0.3 is 0 Å². The van der Waals surface area contributed by atoms with Crippen molar-refractivity contribution in [3.63, 3.8) is 0 Å². The maximum Gasteiger partial charge on any atom is 0.298 e. The molecule has 0 amide bonds. The number of carbonyl (C=O) groups excluding carboxylic acids is 1. The summed E-state index contributed by atoms with van der Waals surface area (Å²) in [7, 11) is 0. The highest BCUT2D eigenvalue weighted by atomic mass is 32.1. The summed E-state index contributed by atoms with van der Waals surface area (Å²) in [5.41, 5.74) is 0. The van der Waals surface area contributed by atoms with E-state index in [4.69, 9.17) is 0 Å². The predicted octanol–water partition coefficient (Wildman–Crippen LogP) is 1.08. The monoisotopic (exact) mass is 127 g/mol. The van der Waals surface area contributed by atoms with Crippen LogP contribution in [-0.4, -0.2) is 6.47 Å². The molecule has 0 aliphatic carbocycles. The fourth-order valence-electron chi connectivity index (χ4n) is 0.337. The van der Waals surface area contributed by atoms with Crippen molar-refractivity contribution in [3.05, 3.63) is 16.8 Å². The molecule has 1 heterocycles. The first-order valence-corrected chi connectivity index (χ1v) is 2.87. The zero-order valence-electron chi connectivity index (χ0n) is 3.96.